The van der Waals surface area contributed by atoms with Crippen LogP contribution in [0.3, 0.4) is 0 Å². The predicted octanol–water partition coefficient (Wildman–Crippen LogP) is 2.41. The molecule has 3 N–H and O–H groups in total. The molecule has 108 valence electrons. The molecule has 2 rings (SSSR count). The molecule has 1 aliphatic heterocycles. The van der Waals surface area contributed by atoms with Crippen molar-refractivity contribution in [2.45, 2.75) is 32.2 Å². The molecule has 0 bridgehead atoms. The molecule has 1 aromatic rings. The Kier molecular flexibility index (Phi) is 5.35. The smallest absolute Gasteiger partial charge is 0.317 e. The molecule has 0 unspecified atom stereocenters. The van der Waals surface area contributed by atoms with E-state index in [9.17, 15) is 4.79 Å². The van der Waals surface area contributed by atoms with Crippen molar-refractivity contribution in [3.05, 3.63) is 35.4 Å². The second-order valence-electron chi connectivity index (χ2n) is 5.12. The molecule has 0 atom stereocenters. The minimum Gasteiger partial charge on any atom is -0.389 e. The molecule has 0 radical (unpaired) electrons. The first kappa shape index (κ1) is 14.8. The van der Waals surface area contributed by atoms with Crippen molar-refractivity contribution in [2.24, 2.45) is 5.73 Å². The van der Waals surface area contributed by atoms with Crippen LogP contribution in [0, 0.1) is 0 Å². The lowest BCUT2D eigenvalue weighted by molar-refractivity contribution is 0.199. The van der Waals surface area contributed by atoms with E-state index in [4.69, 9.17) is 18.0 Å². The third kappa shape index (κ3) is 4.20. The Morgan fingerprint density at radius 3 is 2.30 bits per heavy atom. The molecular weight excluding hydrogens is 270 g/mol. The van der Waals surface area contributed by atoms with Crippen molar-refractivity contribution >= 4 is 23.2 Å². The topological polar surface area (TPSA) is 58.4 Å². The van der Waals surface area contributed by atoms with Crippen LogP contribution in [0.25, 0.3) is 0 Å². The maximum atomic E-state index is 12.1. The van der Waals surface area contributed by atoms with Crippen LogP contribution < -0.4 is 11.1 Å². The third-order valence-electron chi connectivity index (χ3n) is 3.58. The van der Waals surface area contributed by atoms with Crippen LogP contribution in [-0.4, -0.2) is 29.0 Å². The number of nitrogens with one attached hydrogen (secondary N) is 1. The lowest BCUT2D eigenvalue weighted by Gasteiger charge is -2.20. The Balaban J connectivity index is 1.84. The van der Waals surface area contributed by atoms with Gasteiger partial charge >= 0.3 is 6.03 Å². The average molecular weight is 291 g/mol. The third-order valence-corrected chi connectivity index (χ3v) is 3.81. The van der Waals surface area contributed by atoms with E-state index in [1.165, 1.54) is 12.8 Å². The van der Waals surface area contributed by atoms with E-state index in [1.807, 2.05) is 29.2 Å². The summed E-state index contributed by atoms with van der Waals surface area (Å²) in [5.41, 5.74) is 7.45. The van der Waals surface area contributed by atoms with E-state index >= 15 is 0 Å². The highest BCUT2D eigenvalue weighted by atomic mass is 32.1. The number of benzene rings is 1. The summed E-state index contributed by atoms with van der Waals surface area (Å²) in [6.07, 6.45) is 4.67. The summed E-state index contributed by atoms with van der Waals surface area (Å²) in [5, 5.41) is 2.97. The van der Waals surface area contributed by atoms with Gasteiger partial charge in [0.2, 0.25) is 0 Å². The number of hydrogen-bond donors (Lipinski definition) is 2. The van der Waals surface area contributed by atoms with Crippen molar-refractivity contribution in [1.82, 2.24) is 10.2 Å². The molecule has 0 spiro atoms. The lowest BCUT2D eigenvalue weighted by Crippen LogP contribution is -2.40. The van der Waals surface area contributed by atoms with Gasteiger partial charge in [0, 0.05) is 25.2 Å². The van der Waals surface area contributed by atoms with Gasteiger partial charge in [-0.15, -0.1) is 0 Å². The number of likely N-dealkylation sites (tertiary alicyclic amines) is 1. The molecule has 1 fully saturated rings. The number of hydrogen-bond acceptors (Lipinski definition) is 2. The molecule has 4 nitrogen and oxygen atoms in total. The van der Waals surface area contributed by atoms with Gasteiger partial charge in [0.15, 0.2) is 0 Å². The Morgan fingerprint density at radius 1 is 1.15 bits per heavy atom. The quantitative estimate of drug-likeness (QED) is 0.841. The summed E-state index contributed by atoms with van der Waals surface area (Å²) < 4.78 is 0. The lowest BCUT2D eigenvalue weighted by atomic mass is 10.1. The Morgan fingerprint density at radius 2 is 1.75 bits per heavy atom. The van der Waals surface area contributed by atoms with E-state index in [-0.39, 0.29) is 6.03 Å². The molecule has 2 amide bonds. The molecular formula is C15H21N3OS. The second kappa shape index (κ2) is 7.24. The van der Waals surface area contributed by atoms with E-state index in [0.29, 0.717) is 11.5 Å². The number of amides is 2. The van der Waals surface area contributed by atoms with Gasteiger partial charge in [-0.3, -0.25) is 0 Å². The molecule has 1 aliphatic rings. The summed E-state index contributed by atoms with van der Waals surface area (Å²) in [4.78, 5) is 14.4. The highest BCUT2D eigenvalue weighted by Crippen LogP contribution is 2.10. The first-order valence-electron chi connectivity index (χ1n) is 7.08. The Labute approximate surface area is 125 Å². The average Bonchev–Trinajstić information content (AvgIpc) is 2.74. The summed E-state index contributed by atoms with van der Waals surface area (Å²) in [7, 11) is 0. The van der Waals surface area contributed by atoms with Gasteiger partial charge < -0.3 is 16.0 Å². The molecule has 1 heterocycles. The van der Waals surface area contributed by atoms with Crippen LogP contribution in [0.5, 0.6) is 0 Å². The summed E-state index contributed by atoms with van der Waals surface area (Å²) >= 11 is 4.91. The van der Waals surface area contributed by atoms with Gasteiger partial charge in [-0.2, -0.15) is 0 Å². The number of carbonyl (C=O) groups excluding carboxylic acids is 1. The van der Waals surface area contributed by atoms with Crippen LogP contribution >= 0.6 is 12.2 Å². The van der Waals surface area contributed by atoms with Gasteiger partial charge in [-0.1, -0.05) is 49.3 Å². The normalized spacial score (nSPS) is 15.5. The largest absolute Gasteiger partial charge is 0.389 e. The number of urea groups is 1. The summed E-state index contributed by atoms with van der Waals surface area (Å²) in [5.74, 6) is 0. The summed E-state index contributed by atoms with van der Waals surface area (Å²) in [6, 6.07) is 7.69. The predicted molar refractivity (Wildman–Crippen MR) is 84.6 cm³/mol. The van der Waals surface area contributed by atoms with Crippen LogP contribution in [0.15, 0.2) is 24.3 Å². The van der Waals surface area contributed by atoms with Crippen LogP contribution in [0.2, 0.25) is 0 Å². The molecule has 1 aromatic carbocycles. The minimum atomic E-state index is 0.0327. The van der Waals surface area contributed by atoms with E-state index in [0.717, 1.165) is 37.1 Å². The fourth-order valence-electron chi connectivity index (χ4n) is 2.35. The van der Waals surface area contributed by atoms with Crippen molar-refractivity contribution < 1.29 is 4.79 Å². The van der Waals surface area contributed by atoms with Crippen molar-refractivity contribution in [1.29, 1.82) is 0 Å². The van der Waals surface area contributed by atoms with Gasteiger partial charge in [0.1, 0.15) is 4.99 Å². The summed E-state index contributed by atoms with van der Waals surface area (Å²) in [6.45, 7) is 2.27. The Hall–Kier alpha value is -1.62. The number of carbonyl (C=O) groups is 1. The van der Waals surface area contributed by atoms with Gasteiger partial charge in [-0.25, -0.2) is 4.79 Å². The van der Waals surface area contributed by atoms with E-state index in [1.54, 1.807) is 0 Å². The fraction of sp³-hybridized carbons (Fsp3) is 0.467. The molecule has 0 aromatic heterocycles. The zero-order valence-electron chi connectivity index (χ0n) is 11.6. The van der Waals surface area contributed by atoms with Crippen LogP contribution in [-0.2, 0) is 6.54 Å². The SMILES string of the molecule is NC(=S)c1ccc(CNC(=O)N2CCCCCC2)cc1. The first-order valence-corrected chi connectivity index (χ1v) is 7.49. The zero-order valence-corrected chi connectivity index (χ0v) is 12.4. The molecule has 0 aliphatic carbocycles. The zero-order chi connectivity index (χ0) is 14.4. The molecule has 1 saturated heterocycles. The molecule has 20 heavy (non-hydrogen) atoms. The second-order valence-corrected chi connectivity index (χ2v) is 5.56. The minimum absolute atomic E-state index is 0.0327. The Bertz CT molecular complexity index is 465. The van der Waals surface area contributed by atoms with Crippen molar-refractivity contribution in [3.63, 3.8) is 0 Å². The monoisotopic (exact) mass is 291 g/mol. The van der Waals surface area contributed by atoms with Crippen molar-refractivity contribution in [2.75, 3.05) is 13.1 Å². The van der Waals surface area contributed by atoms with Crippen LogP contribution in [0.4, 0.5) is 4.79 Å². The van der Waals surface area contributed by atoms with Gasteiger partial charge in [-0.05, 0) is 18.4 Å². The maximum Gasteiger partial charge on any atom is 0.317 e. The fourth-order valence-corrected chi connectivity index (χ4v) is 2.49. The highest BCUT2D eigenvalue weighted by Gasteiger charge is 2.14. The van der Waals surface area contributed by atoms with Crippen LogP contribution in [0.1, 0.15) is 36.8 Å². The number of thiocarbonyl (C=S) groups is 1. The first-order chi connectivity index (χ1) is 9.66. The van der Waals surface area contributed by atoms with Gasteiger partial charge in [0.25, 0.3) is 0 Å². The van der Waals surface area contributed by atoms with E-state index < -0.39 is 0 Å². The van der Waals surface area contributed by atoms with Gasteiger partial charge in [0.05, 0.1) is 0 Å². The number of nitrogens with zero attached hydrogens (tertiary/aromatic N) is 1. The molecule has 0 saturated carbocycles. The number of rotatable bonds is 3. The van der Waals surface area contributed by atoms with E-state index in [2.05, 4.69) is 5.32 Å². The molecule has 5 heteroatoms. The maximum absolute atomic E-state index is 12.1. The van der Waals surface area contributed by atoms with Crippen molar-refractivity contribution in [3.8, 4) is 0 Å². The highest BCUT2D eigenvalue weighted by molar-refractivity contribution is 7.80. The number of nitrogens with two attached hydrogens (primary N) is 1. The standard InChI is InChI=1S/C15H21N3OS/c16-14(20)13-7-5-12(6-8-13)11-17-15(19)18-9-3-1-2-4-10-18/h5-8H,1-4,9-11H2,(H2,16,20)(H,17,19).